The van der Waals surface area contributed by atoms with Crippen molar-refractivity contribution in [3.63, 3.8) is 0 Å². The molecule has 7 heteroatoms. The summed E-state index contributed by atoms with van der Waals surface area (Å²) in [4.78, 5) is 2.92. The van der Waals surface area contributed by atoms with Crippen LogP contribution < -0.4 is 14.4 Å². The van der Waals surface area contributed by atoms with Crippen molar-refractivity contribution < 1.29 is 13.2 Å². The van der Waals surface area contributed by atoms with Crippen LogP contribution in [0.4, 0.5) is 11.4 Å². The highest BCUT2D eigenvalue weighted by Crippen LogP contribution is 2.41. The summed E-state index contributed by atoms with van der Waals surface area (Å²) in [6.45, 7) is 3.65. The average molecular weight is 377 g/mol. The van der Waals surface area contributed by atoms with Gasteiger partial charge in [0, 0.05) is 18.0 Å². The van der Waals surface area contributed by atoms with Gasteiger partial charge in [0.2, 0.25) is 10.9 Å². The number of ether oxygens (including phenoxy) is 1. The molecule has 2 aromatic rings. The lowest BCUT2D eigenvalue weighted by Gasteiger charge is -2.24. The second-order valence-corrected chi connectivity index (χ2v) is 7.26. The van der Waals surface area contributed by atoms with Crippen LogP contribution >= 0.6 is 12.2 Å². The van der Waals surface area contributed by atoms with E-state index in [1.165, 1.54) is 0 Å². The molecule has 0 unspecified atom stereocenters. The number of nitrogens with zero attached hydrogens (tertiary/aromatic N) is 1. The molecule has 0 radical (unpaired) electrons. The molecule has 0 amide bonds. The number of hydrogen-bond acceptors (Lipinski definition) is 5. The highest BCUT2D eigenvalue weighted by Gasteiger charge is 2.22. The first kappa shape index (κ1) is 17.7. The fourth-order valence-corrected chi connectivity index (χ4v) is 3.39. The Kier molecular flexibility index (Phi) is 5.55. The summed E-state index contributed by atoms with van der Waals surface area (Å²) in [5, 5.41) is 0. The standard InChI is InChI=1S/C18H20N2O3S2/c1-13(24)14-11-16(19-25(21)22)18(23-15-7-3-2-4-8-15)17(12-14)20-9-5-6-10-20/h2-4,7-8,11-12,25H,5-6,9-10H2,1H3,(H,19,21,22). The Morgan fingerprint density at radius 3 is 2.44 bits per heavy atom. The van der Waals surface area contributed by atoms with Crippen molar-refractivity contribution in [3.8, 4) is 11.5 Å². The number of thiocarbonyl (C=S) groups is 1. The molecule has 3 rings (SSSR count). The fraction of sp³-hybridized carbons (Fsp3) is 0.278. The van der Waals surface area contributed by atoms with Gasteiger partial charge in [0.05, 0.1) is 11.4 Å². The van der Waals surface area contributed by atoms with E-state index in [4.69, 9.17) is 17.0 Å². The van der Waals surface area contributed by atoms with E-state index in [0.717, 1.165) is 37.2 Å². The first-order chi connectivity index (χ1) is 12.0. The van der Waals surface area contributed by atoms with E-state index in [1.807, 2.05) is 43.3 Å². The predicted octanol–water partition coefficient (Wildman–Crippen LogP) is 3.76. The molecule has 0 saturated carbocycles. The van der Waals surface area contributed by atoms with Gasteiger partial charge in [-0.2, -0.15) is 0 Å². The third kappa shape index (κ3) is 4.29. The minimum absolute atomic E-state index is 0.406. The van der Waals surface area contributed by atoms with E-state index >= 15 is 0 Å². The van der Waals surface area contributed by atoms with E-state index in [2.05, 4.69) is 9.62 Å². The molecule has 0 atom stereocenters. The van der Waals surface area contributed by atoms with Gasteiger partial charge in [-0.3, -0.25) is 4.72 Å². The third-order valence-electron chi connectivity index (χ3n) is 4.10. The molecule has 1 saturated heterocycles. The molecule has 1 fully saturated rings. The maximum Gasteiger partial charge on any atom is 0.222 e. The highest BCUT2D eigenvalue weighted by atomic mass is 32.2. The van der Waals surface area contributed by atoms with Crippen molar-refractivity contribution >= 4 is 39.3 Å². The van der Waals surface area contributed by atoms with Gasteiger partial charge in [0.25, 0.3) is 0 Å². The normalized spacial score (nSPS) is 13.9. The smallest absolute Gasteiger partial charge is 0.222 e. The van der Waals surface area contributed by atoms with Crippen LogP contribution in [0, 0.1) is 0 Å². The summed E-state index contributed by atoms with van der Waals surface area (Å²) in [7, 11) is -2.82. The monoisotopic (exact) mass is 376 g/mol. The van der Waals surface area contributed by atoms with Gasteiger partial charge in [-0.15, -0.1) is 0 Å². The summed E-state index contributed by atoms with van der Waals surface area (Å²) in [5.74, 6) is 1.16. The molecule has 0 spiro atoms. The van der Waals surface area contributed by atoms with Crippen LogP contribution in [0.5, 0.6) is 11.5 Å². The number of rotatable bonds is 6. The van der Waals surface area contributed by atoms with Crippen molar-refractivity contribution in [3.05, 3.63) is 48.0 Å². The van der Waals surface area contributed by atoms with Crippen LogP contribution in [0.2, 0.25) is 0 Å². The van der Waals surface area contributed by atoms with E-state index in [0.29, 0.717) is 22.1 Å². The Bertz CT molecular complexity index is 837. The maximum absolute atomic E-state index is 11.3. The molecule has 5 nitrogen and oxygen atoms in total. The van der Waals surface area contributed by atoms with Crippen LogP contribution in [0.25, 0.3) is 0 Å². The minimum atomic E-state index is -2.82. The molecule has 0 aliphatic carbocycles. The molecular weight excluding hydrogens is 356 g/mol. The van der Waals surface area contributed by atoms with E-state index in [1.54, 1.807) is 6.07 Å². The van der Waals surface area contributed by atoms with Crippen LogP contribution in [-0.4, -0.2) is 26.4 Å². The Balaban J connectivity index is 2.14. The number of anilines is 2. The Labute approximate surface area is 154 Å². The molecule has 1 aliphatic heterocycles. The summed E-state index contributed by atoms with van der Waals surface area (Å²) >= 11 is 5.30. The third-order valence-corrected chi connectivity index (χ3v) is 4.76. The van der Waals surface area contributed by atoms with Gasteiger partial charge >= 0.3 is 0 Å². The molecule has 0 bridgehead atoms. The van der Waals surface area contributed by atoms with Crippen molar-refractivity contribution in [2.45, 2.75) is 19.8 Å². The summed E-state index contributed by atoms with van der Waals surface area (Å²) in [6.07, 6.45) is 2.20. The van der Waals surface area contributed by atoms with Crippen molar-refractivity contribution in [1.82, 2.24) is 0 Å². The molecular formula is C18H20N2O3S2. The van der Waals surface area contributed by atoms with Crippen LogP contribution in [0.3, 0.4) is 0 Å². The lowest BCUT2D eigenvalue weighted by Crippen LogP contribution is -2.19. The second-order valence-electron chi connectivity index (χ2n) is 5.91. The van der Waals surface area contributed by atoms with Gasteiger partial charge in [0.1, 0.15) is 5.75 Å². The Hall–Kier alpha value is -2.12. The first-order valence-corrected chi connectivity index (χ1v) is 9.71. The van der Waals surface area contributed by atoms with Crippen LogP contribution in [-0.2, 0) is 10.9 Å². The summed E-state index contributed by atoms with van der Waals surface area (Å²) in [5.41, 5.74) is 2.09. The Morgan fingerprint density at radius 1 is 1.16 bits per heavy atom. The van der Waals surface area contributed by atoms with Crippen LogP contribution in [0.1, 0.15) is 25.3 Å². The predicted molar refractivity (Wildman–Crippen MR) is 106 cm³/mol. The van der Waals surface area contributed by atoms with Crippen molar-refractivity contribution in [2.24, 2.45) is 0 Å². The maximum atomic E-state index is 11.3. The van der Waals surface area contributed by atoms with Crippen molar-refractivity contribution in [1.29, 1.82) is 0 Å². The molecule has 1 N–H and O–H groups in total. The van der Waals surface area contributed by atoms with Crippen molar-refractivity contribution in [2.75, 3.05) is 22.7 Å². The highest BCUT2D eigenvalue weighted by molar-refractivity contribution is 7.80. The SMILES string of the molecule is CC(=S)c1cc(N[SH](=O)=O)c(Oc2ccccc2)c(N2CCCC2)c1. The van der Waals surface area contributed by atoms with E-state index in [9.17, 15) is 8.42 Å². The molecule has 1 heterocycles. The molecule has 25 heavy (non-hydrogen) atoms. The summed E-state index contributed by atoms with van der Waals surface area (Å²) in [6, 6.07) is 13.0. The van der Waals surface area contributed by atoms with Gasteiger partial charge in [-0.05, 0) is 49.6 Å². The quantitative estimate of drug-likeness (QED) is 0.457. The molecule has 132 valence electrons. The number of para-hydroxylation sites is 1. The van der Waals surface area contributed by atoms with Gasteiger partial charge < -0.3 is 9.64 Å². The Morgan fingerprint density at radius 2 is 1.84 bits per heavy atom. The summed E-state index contributed by atoms with van der Waals surface area (Å²) < 4.78 is 31.2. The molecule has 2 aromatic carbocycles. The number of hydrogen-bond donors (Lipinski definition) is 2. The number of benzene rings is 2. The van der Waals surface area contributed by atoms with Gasteiger partial charge in [0.15, 0.2) is 5.75 Å². The number of thiol groups is 1. The average Bonchev–Trinajstić information content (AvgIpc) is 3.11. The largest absolute Gasteiger partial charge is 0.453 e. The van der Waals surface area contributed by atoms with Gasteiger partial charge in [-0.25, -0.2) is 8.42 Å². The lowest BCUT2D eigenvalue weighted by molar-refractivity contribution is 0.484. The van der Waals surface area contributed by atoms with Crippen LogP contribution in [0.15, 0.2) is 42.5 Å². The zero-order valence-electron chi connectivity index (χ0n) is 13.9. The number of nitrogens with one attached hydrogen (secondary N) is 1. The zero-order valence-corrected chi connectivity index (χ0v) is 15.6. The van der Waals surface area contributed by atoms with E-state index < -0.39 is 10.9 Å². The topological polar surface area (TPSA) is 58.6 Å². The lowest BCUT2D eigenvalue weighted by atomic mass is 10.1. The molecule has 0 aromatic heterocycles. The second kappa shape index (κ2) is 7.84. The molecule has 1 aliphatic rings. The fourth-order valence-electron chi connectivity index (χ4n) is 2.90. The van der Waals surface area contributed by atoms with E-state index in [-0.39, 0.29) is 0 Å². The van der Waals surface area contributed by atoms with Gasteiger partial charge in [-0.1, -0.05) is 30.4 Å². The first-order valence-electron chi connectivity index (χ1n) is 8.12. The zero-order chi connectivity index (χ0) is 17.8. The minimum Gasteiger partial charge on any atom is -0.453 e.